The van der Waals surface area contributed by atoms with Crippen LogP contribution in [0.3, 0.4) is 0 Å². The van der Waals surface area contributed by atoms with E-state index in [1.165, 1.54) is 6.92 Å². The molecule has 96 valence electrons. The first-order chi connectivity index (χ1) is 7.22. The first-order valence-electron chi connectivity index (χ1n) is 4.62. The fourth-order valence-corrected chi connectivity index (χ4v) is 1.79. The Morgan fingerprint density at radius 1 is 1.19 bits per heavy atom. The second kappa shape index (κ2) is 5.07. The molecule has 9 heteroatoms. The topological polar surface area (TPSA) is 137 Å². The van der Waals surface area contributed by atoms with Crippen molar-refractivity contribution in [1.29, 1.82) is 0 Å². The van der Waals surface area contributed by atoms with E-state index in [0.29, 0.717) is 0 Å². The molecule has 0 aromatic carbocycles. The lowest BCUT2D eigenvalue weighted by molar-refractivity contribution is -0.223. The van der Waals surface area contributed by atoms with Crippen LogP contribution >= 0.6 is 7.82 Å². The number of phosphoric acid groups is 1. The summed E-state index contributed by atoms with van der Waals surface area (Å²) >= 11 is 0. The molecule has 8 nitrogen and oxygen atoms in total. The van der Waals surface area contributed by atoms with E-state index in [0.717, 1.165) is 0 Å². The van der Waals surface area contributed by atoms with E-state index in [9.17, 15) is 19.9 Å². The van der Waals surface area contributed by atoms with Crippen molar-refractivity contribution in [1.82, 2.24) is 0 Å². The molecule has 0 aromatic heterocycles. The third kappa shape index (κ3) is 3.47. The van der Waals surface area contributed by atoms with E-state index in [1.54, 1.807) is 0 Å². The molecule has 0 aliphatic carbocycles. The largest absolute Gasteiger partial charge is 0.469 e. The lowest BCUT2D eigenvalue weighted by Crippen LogP contribution is -2.57. The molecule has 1 heterocycles. The number of rotatable bonds is 3. The van der Waals surface area contributed by atoms with Gasteiger partial charge in [0.2, 0.25) is 0 Å². The van der Waals surface area contributed by atoms with Crippen LogP contribution in [0.1, 0.15) is 6.92 Å². The van der Waals surface area contributed by atoms with Gasteiger partial charge in [-0.05, 0) is 6.92 Å². The molecule has 2 unspecified atom stereocenters. The highest BCUT2D eigenvalue weighted by atomic mass is 31.2. The first kappa shape index (κ1) is 14.0. The number of aliphatic hydroxyl groups excluding tert-OH is 3. The lowest BCUT2D eigenvalue weighted by atomic mass is 9.96. The Labute approximate surface area is 91.7 Å². The fourth-order valence-electron chi connectivity index (χ4n) is 1.44. The van der Waals surface area contributed by atoms with Crippen LogP contribution in [0.5, 0.6) is 0 Å². The minimum absolute atomic E-state index is 0.570. The van der Waals surface area contributed by atoms with Gasteiger partial charge in [0.15, 0.2) is 0 Å². The maximum atomic E-state index is 10.4. The highest BCUT2D eigenvalue weighted by molar-refractivity contribution is 7.46. The zero-order valence-corrected chi connectivity index (χ0v) is 9.40. The summed E-state index contributed by atoms with van der Waals surface area (Å²) in [4.78, 5) is 16.9. The van der Waals surface area contributed by atoms with Gasteiger partial charge in [0.25, 0.3) is 0 Å². The van der Waals surface area contributed by atoms with Gasteiger partial charge < -0.3 is 29.8 Å². The summed E-state index contributed by atoms with van der Waals surface area (Å²) in [5.74, 6) is 0. The van der Waals surface area contributed by atoms with Crippen LogP contribution in [0.25, 0.3) is 0 Å². The van der Waals surface area contributed by atoms with Crippen molar-refractivity contribution in [3.8, 4) is 0 Å². The van der Waals surface area contributed by atoms with Gasteiger partial charge in [-0.1, -0.05) is 0 Å². The Morgan fingerprint density at radius 2 is 1.75 bits per heavy atom. The number of ether oxygens (including phenoxy) is 1. The third-order valence-electron chi connectivity index (χ3n) is 2.36. The SMILES string of the molecule is CC1OC(COP(=O)(O)O)[C@@H](O)[C@H](O)[C@@H]1O. The number of phosphoric ester groups is 1. The average molecular weight is 258 g/mol. The summed E-state index contributed by atoms with van der Waals surface area (Å²) in [6.45, 7) is 0.893. The van der Waals surface area contributed by atoms with E-state index in [-0.39, 0.29) is 0 Å². The van der Waals surface area contributed by atoms with Gasteiger partial charge in [0, 0.05) is 0 Å². The quantitative estimate of drug-likeness (QED) is 0.365. The summed E-state index contributed by atoms with van der Waals surface area (Å²) < 4.78 is 19.6. The number of aliphatic hydroxyl groups is 3. The van der Waals surface area contributed by atoms with Gasteiger partial charge in [-0.15, -0.1) is 0 Å². The lowest BCUT2D eigenvalue weighted by Gasteiger charge is -2.39. The molecular formula is C7H15O8P. The van der Waals surface area contributed by atoms with Crippen molar-refractivity contribution in [3.63, 3.8) is 0 Å². The summed E-state index contributed by atoms with van der Waals surface area (Å²) in [6, 6.07) is 0. The van der Waals surface area contributed by atoms with Crippen LogP contribution in [-0.2, 0) is 13.8 Å². The maximum absolute atomic E-state index is 10.4. The van der Waals surface area contributed by atoms with E-state index >= 15 is 0 Å². The van der Waals surface area contributed by atoms with Crippen LogP contribution in [0, 0.1) is 0 Å². The average Bonchev–Trinajstić information content (AvgIpc) is 2.17. The molecule has 16 heavy (non-hydrogen) atoms. The molecule has 0 saturated carbocycles. The van der Waals surface area contributed by atoms with Crippen LogP contribution in [0.4, 0.5) is 0 Å². The van der Waals surface area contributed by atoms with Crippen LogP contribution in [-0.4, -0.2) is 62.2 Å². The molecular weight excluding hydrogens is 243 g/mol. The minimum atomic E-state index is -4.65. The van der Waals surface area contributed by atoms with Crippen LogP contribution in [0.2, 0.25) is 0 Å². The first-order valence-corrected chi connectivity index (χ1v) is 6.15. The van der Waals surface area contributed by atoms with Gasteiger partial charge in [0.05, 0.1) is 12.7 Å². The van der Waals surface area contributed by atoms with Gasteiger partial charge in [-0.25, -0.2) is 4.57 Å². The smallest absolute Gasteiger partial charge is 0.388 e. The Hall–Kier alpha value is -0.0500. The standard InChI is InChI=1S/C7H15O8P/c1-3-5(8)7(10)6(9)4(15-3)2-14-16(11,12)13/h3-10H,2H2,1H3,(H2,11,12,13)/t3?,4?,5-,6-,7-/m1/s1. The second-order valence-electron chi connectivity index (χ2n) is 3.64. The summed E-state index contributed by atoms with van der Waals surface area (Å²) in [5.41, 5.74) is 0. The zero-order valence-electron chi connectivity index (χ0n) is 8.50. The molecule has 0 amide bonds. The van der Waals surface area contributed by atoms with Crippen molar-refractivity contribution < 1.29 is 38.9 Å². The molecule has 0 aromatic rings. The normalized spacial score (nSPS) is 41.0. The van der Waals surface area contributed by atoms with E-state index in [4.69, 9.17) is 14.5 Å². The molecule has 0 radical (unpaired) electrons. The molecule has 1 aliphatic heterocycles. The van der Waals surface area contributed by atoms with E-state index in [2.05, 4.69) is 4.52 Å². The van der Waals surface area contributed by atoms with Crippen molar-refractivity contribution >= 4 is 7.82 Å². The fraction of sp³-hybridized carbons (Fsp3) is 1.00. The second-order valence-corrected chi connectivity index (χ2v) is 4.88. The van der Waals surface area contributed by atoms with Gasteiger partial charge in [-0.2, -0.15) is 0 Å². The predicted octanol–water partition coefficient (Wildman–Crippen LogP) is -2.03. The van der Waals surface area contributed by atoms with Crippen LogP contribution < -0.4 is 0 Å². The van der Waals surface area contributed by atoms with E-state index < -0.39 is 44.9 Å². The van der Waals surface area contributed by atoms with Gasteiger partial charge in [0.1, 0.15) is 24.4 Å². The summed E-state index contributed by atoms with van der Waals surface area (Å²) in [5, 5.41) is 28.2. The molecule has 5 N–H and O–H groups in total. The molecule has 5 atom stereocenters. The van der Waals surface area contributed by atoms with Gasteiger partial charge >= 0.3 is 7.82 Å². The Balaban J connectivity index is 2.57. The van der Waals surface area contributed by atoms with E-state index in [1.807, 2.05) is 0 Å². The molecule has 0 bridgehead atoms. The summed E-state index contributed by atoms with van der Waals surface area (Å²) in [7, 11) is -4.65. The molecule has 1 fully saturated rings. The van der Waals surface area contributed by atoms with Crippen molar-refractivity contribution in [2.75, 3.05) is 6.61 Å². The highest BCUT2D eigenvalue weighted by Gasteiger charge is 2.42. The summed E-state index contributed by atoms with van der Waals surface area (Å²) in [6.07, 6.45) is -6.00. The maximum Gasteiger partial charge on any atom is 0.469 e. The Morgan fingerprint density at radius 3 is 2.25 bits per heavy atom. The van der Waals surface area contributed by atoms with Crippen molar-refractivity contribution in [2.24, 2.45) is 0 Å². The van der Waals surface area contributed by atoms with Crippen molar-refractivity contribution in [2.45, 2.75) is 37.4 Å². The molecule has 1 rings (SSSR count). The molecule has 1 saturated heterocycles. The third-order valence-corrected chi connectivity index (χ3v) is 2.84. The number of hydrogen-bond acceptors (Lipinski definition) is 6. The zero-order chi connectivity index (χ0) is 12.5. The monoisotopic (exact) mass is 258 g/mol. The highest BCUT2D eigenvalue weighted by Crippen LogP contribution is 2.36. The minimum Gasteiger partial charge on any atom is -0.388 e. The van der Waals surface area contributed by atoms with Gasteiger partial charge in [-0.3, -0.25) is 4.52 Å². The Kier molecular flexibility index (Phi) is 4.44. The predicted molar refractivity (Wildman–Crippen MR) is 50.4 cm³/mol. The molecule has 0 spiro atoms. The molecule has 1 aliphatic rings. The number of hydrogen-bond donors (Lipinski definition) is 5. The van der Waals surface area contributed by atoms with Crippen LogP contribution in [0.15, 0.2) is 0 Å². The van der Waals surface area contributed by atoms with Crippen molar-refractivity contribution in [3.05, 3.63) is 0 Å². The Bertz CT molecular complexity index is 278.